The van der Waals surface area contributed by atoms with Gasteiger partial charge in [0.25, 0.3) is 0 Å². The Morgan fingerprint density at radius 1 is 1.00 bits per heavy atom. The van der Waals surface area contributed by atoms with Crippen LogP contribution in [0.15, 0.2) is 23.8 Å². The van der Waals surface area contributed by atoms with Crippen LogP contribution in [0.5, 0.6) is 0 Å². The molecule has 0 aliphatic heterocycles. The average Bonchev–Trinajstić information content (AvgIpc) is 2.19. The average molecular weight is 168 g/mol. The standard InChI is InChI=1S/C9H4N4/c10-4-8(5-11)2-1-3-9(6-12)7-13/h1-3,8H/b2-1+. The van der Waals surface area contributed by atoms with Gasteiger partial charge in [0.15, 0.2) is 5.92 Å². The molecular weight excluding hydrogens is 164 g/mol. The maximum Gasteiger partial charge on any atom is 0.151 e. The molecule has 0 aliphatic carbocycles. The molecule has 0 spiro atoms. The Labute approximate surface area is 75.8 Å². The highest BCUT2D eigenvalue weighted by atomic mass is 14.3. The number of rotatable bonds is 2. The molecule has 0 bridgehead atoms. The summed E-state index contributed by atoms with van der Waals surface area (Å²) < 4.78 is 0. The molecular formula is C9H4N4. The topological polar surface area (TPSA) is 95.2 Å². The Morgan fingerprint density at radius 3 is 1.92 bits per heavy atom. The quantitative estimate of drug-likeness (QED) is 0.456. The zero-order chi connectivity index (χ0) is 10.1. The molecule has 0 amide bonds. The van der Waals surface area contributed by atoms with Gasteiger partial charge in [0.2, 0.25) is 0 Å². The molecule has 0 aromatic heterocycles. The van der Waals surface area contributed by atoms with Crippen molar-refractivity contribution in [2.75, 3.05) is 0 Å². The Morgan fingerprint density at radius 2 is 1.54 bits per heavy atom. The lowest BCUT2D eigenvalue weighted by Crippen LogP contribution is -1.83. The molecule has 0 rings (SSSR count). The third kappa shape index (κ3) is 3.99. The van der Waals surface area contributed by atoms with Crippen LogP contribution in [-0.4, -0.2) is 0 Å². The van der Waals surface area contributed by atoms with Crippen LogP contribution in [0.25, 0.3) is 0 Å². The third-order valence-electron chi connectivity index (χ3n) is 1.09. The van der Waals surface area contributed by atoms with Crippen molar-refractivity contribution >= 4 is 0 Å². The monoisotopic (exact) mass is 168 g/mol. The van der Waals surface area contributed by atoms with Gasteiger partial charge in [-0.15, -0.1) is 0 Å². The summed E-state index contributed by atoms with van der Waals surface area (Å²) in [4.78, 5) is 0. The first-order valence-electron chi connectivity index (χ1n) is 3.26. The van der Waals surface area contributed by atoms with Crippen molar-refractivity contribution in [3.05, 3.63) is 23.8 Å². The largest absolute Gasteiger partial charge is 0.197 e. The van der Waals surface area contributed by atoms with Gasteiger partial charge < -0.3 is 0 Å². The Bertz CT molecular complexity index is 359. The van der Waals surface area contributed by atoms with E-state index in [1.807, 2.05) is 0 Å². The molecule has 4 nitrogen and oxygen atoms in total. The van der Waals surface area contributed by atoms with Crippen molar-refractivity contribution in [1.29, 1.82) is 21.0 Å². The van der Waals surface area contributed by atoms with Crippen LogP contribution in [0.4, 0.5) is 0 Å². The second kappa shape index (κ2) is 6.17. The highest BCUT2D eigenvalue weighted by Gasteiger charge is 1.96. The molecule has 0 fully saturated rings. The first kappa shape index (κ1) is 10.4. The van der Waals surface area contributed by atoms with E-state index in [1.54, 1.807) is 24.3 Å². The maximum absolute atomic E-state index is 8.33. The van der Waals surface area contributed by atoms with Gasteiger partial charge in [-0.3, -0.25) is 0 Å². The summed E-state index contributed by atoms with van der Waals surface area (Å²) in [5, 5.41) is 33.3. The minimum absolute atomic E-state index is 0.0640. The third-order valence-corrected chi connectivity index (χ3v) is 1.09. The fraction of sp³-hybridized carbons (Fsp3) is 0.111. The summed E-state index contributed by atoms with van der Waals surface area (Å²) >= 11 is 0. The number of allylic oxidation sites excluding steroid dienone is 4. The lowest BCUT2D eigenvalue weighted by molar-refractivity contribution is 1.09. The Hall–Kier alpha value is -2.56. The smallest absolute Gasteiger partial charge is 0.151 e. The number of nitrogens with zero attached hydrogens (tertiary/aromatic N) is 4. The van der Waals surface area contributed by atoms with E-state index in [0.717, 1.165) is 0 Å². The first-order chi connectivity index (χ1) is 6.28. The van der Waals surface area contributed by atoms with Crippen molar-refractivity contribution in [2.45, 2.75) is 0 Å². The van der Waals surface area contributed by atoms with E-state index >= 15 is 0 Å². The highest BCUT2D eigenvalue weighted by Crippen LogP contribution is 1.96. The van der Waals surface area contributed by atoms with Gasteiger partial charge in [-0.1, -0.05) is 12.2 Å². The molecule has 0 unspecified atom stereocenters. The Balaban J connectivity index is 4.45. The molecule has 0 aromatic carbocycles. The number of hydrogen-bond donors (Lipinski definition) is 0. The van der Waals surface area contributed by atoms with Crippen molar-refractivity contribution in [1.82, 2.24) is 0 Å². The highest BCUT2D eigenvalue weighted by molar-refractivity contribution is 5.38. The van der Waals surface area contributed by atoms with Crippen LogP contribution in [-0.2, 0) is 0 Å². The van der Waals surface area contributed by atoms with E-state index < -0.39 is 5.92 Å². The minimum atomic E-state index is -0.838. The number of hydrogen-bond acceptors (Lipinski definition) is 4. The van der Waals surface area contributed by atoms with Crippen molar-refractivity contribution in [2.24, 2.45) is 5.92 Å². The normalized spacial score (nSPS) is 8.08. The van der Waals surface area contributed by atoms with Crippen LogP contribution in [0.2, 0.25) is 0 Å². The lowest BCUT2D eigenvalue weighted by atomic mass is 10.2. The van der Waals surface area contributed by atoms with Crippen LogP contribution in [0, 0.1) is 51.2 Å². The van der Waals surface area contributed by atoms with E-state index in [-0.39, 0.29) is 5.57 Å². The summed E-state index contributed by atoms with van der Waals surface area (Å²) in [7, 11) is 0. The van der Waals surface area contributed by atoms with Crippen molar-refractivity contribution < 1.29 is 0 Å². The summed E-state index contributed by atoms with van der Waals surface area (Å²) in [6, 6.07) is 6.73. The van der Waals surface area contributed by atoms with Gasteiger partial charge in [0.1, 0.15) is 17.7 Å². The molecule has 0 N–H and O–H groups in total. The predicted octanol–water partition coefficient (Wildman–Crippen LogP) is 1.18. The van der Waals surface area contributed by atoms with Crippen LogP contribution in [0.3, 0.4) is 0 Å². The predicted molar refractivity (Wildman–Crippen MR) is 43.2 cm³/mol. The van der Waals surface area contributed by atoms with Gasteiger partial charge in [-0.25, -0.2) is 0 Å². The first-order valence-corrected chi connectivity index (χ1v) is 3.26. The van der Waals surface area contributed by atoms with Gasteiger partial charge in [-0.05, 0) is 6.08 Å². The minimum Gasteiger partial charge on any atom is -0.197 e. The van der Waals surface area contributed by atoms with Gasteiger partial charge in [0.05, 0.1) is 12.1 Å². The van der Waals surface area contributed by atoms with Gasteiger partial charge in [0, 0.05) is 0 Å². The fourth-order valence-corrected chi connectivity index (χ4v) is 0.477. The van der Waals surface area contributed by atoms with E-state index in [9.17, 15) is 0 Å². The molecule has 4 heteroatoms. The lowest BCUT2D eigenvalue weighted by Gasteiger charge is -1.83. The molecule has 0 radical (unpaired) electrons. The fourth-order valence-electron chi connectivity index (χ4n) is 0.477. The Kier molecular flexibility index (Phi) is 4.95. The molecule has 0 atom stereocenters. The summed E-state index contributed by atoms with van der Waals surface area (Å²) in [6.45, 7) is 0. The molecule has 0 aliphatic rings. The molecule has 60 valence electrons. The second-order valence-corrected chi connectivity index (χ2v) is 1.92. The van der Waals surface area contributed by atoms with Crippen molar-refractivity contribution in [3.8, 4) is 24.3 Å². The zero-order valence-corrected chi connectivity index (χ0v) is 6.60. The molecule has 0 aromatic rings. The molecule has 0 saturated carbocycles. The van der Waals surface area contributed by atoms with E-state index in [2.05, 4.69) is 0 Å². The van der Waals surface area contributed by atoms with E-state index in [0.29, 0.717) is 0 Å². The van der Waals surface area contributed by atoms with Gasteiger partial charge in [-0.2, -0.15) is 21.0 Å². The SMILES string of the molecule is N#CC(C#N)=C/C=C/C(C#N)C#N. The maximum atomic E-state index is 8.33. The molecule has 13 heavy (non-hydrogen) atoms. The zero-order valence-electron chi connectivity index (χ0n) is 6.60. The van der Waals surface area contributed by atoms with Crippen molar-refractivity contribution in [3.63, 3.8) is 0 Å². The van der Waals surface area contributed by atoms with Crippen LogP contribution >= 0.6 is 0 Å². The summed E-state index contributed by atoms with van der Waals surface area (Å²) in [5.41, 5.74) is -0.0640. The second-order valence-electron chi connectivity index (χ2n) is 1.92. The summed E-state index contributed by atoms with van der Waals surface area (Å²) in [5.74, 6) is -0.838. The van der Waals surface area contributed by atoms with Crippen LogP contribution in [0.1, 0.15) is 0 Å². The molecule has 0 saturated heterocycles. The number of nitriles is 4. The van der Waals surface area contributed by atoms with Gasteiger partial charge >= 0.3 is 0 Å². The van der Waals surface area contributed by atoms with E-state index in [4.69, 9.17) is 21.0 Å². The summed E-state index contributed by atoms with van der Waals surface area (Å²) in [6.07, 6.45) is 3.91. The van der Waals surface area contributed by atoms with Crippen LogP contribution < -0.4 is 0 Å². The molecule has 0 heterocycles. The van der Waals surface area contributed by atoms with E-state index in [1.165, 1.54) is 18.2 Å².